The van der Waals surface area contributed by atoms with Gasteiger partial charge in [0.15, 0.2) is 0 Å². The van der Waals surface area contributed by atoms with Crippen molar-refractivity contribution >= 4 is 11.8 Å². The fourth-order valence-corrected chi connectivity index (χ4v) is 2.34. The molecule has 2 amide bonds. The monoisotopic (exact) mass is 279 g/mol. The number of imidazole rings is 1. The average Bonchev–Trinajstić information content (AvgIpc) is 2.89. The molecule has 1 fully saturated rings. The summed E-state index contributed by atoms with van der Waals surface area (Å²) < 4.78 is 1.95. The van der Waals surface area contributed by atoms with E-state index in [0.29, 0.717) is 32.6 Å². The van der Waals surface area contributed by atoms with Crippen LogP contribution in [0.25, 0.3) is 0 Å². The fraction of sp³-hybridized carbons (Fsp3) is 0.615. The van der Waals surface area contributed by atoms with Gasteiger partial charge in [0.1, 0.15) is 11.9 Å². The van der Waals surface area contributed by atoms with Gasteiger partial charge in [-0.1, -0.05) is 0 Å². The minimum absolute atomic E-state index is 0.0760. The highest BCUT2D eigenvalue weighted by molar-refractivity contribution is 5.83. The Hall–Kier alpha value is -1.89. The topological polar surface area (TPSA) is 79.3 Å². The number of rotatable bonds is 4. The Morgan fingerprint density at radius 2 is 2.35 bits per heavy atom. The molecule has 2 rings (SSSR count). The van der Waals surface area contributed by atoms with Crippen LogP contribution in [0.15, 0.2) is 12.4 Å². The molecule has 0 aromatic carbocycles. The lowest BCUT2D eigenvalue weighted by atomic mass is 10.2. The number of carbonyl (C=O) groups excluding carboxylic acids is 2. The molecule has 1 atom stereocenters. The standard InChI is InChI=1S/C13H21N5O2/c1-10-15-4-7-17(10)6-3-12(19)18-8-5-16-11(9-18)13(20)14-2/h4,7,11,16H,3,5-6,8-9H2,1-2H3,(H,14,20). The molecule has 1 aromatic rings. The van der Waals surface area contributed by atoms with Crippen LogP contribution in [-0.4, -0.2) is 59.0 Å². The Kier molecular flexibility index (Phi) is 4.73. The van der Waals surface area contributed by atoms with Crippen molar-refractivity contribution in [3.63, 3.8) is 0 Å². The molecule has 0 radical (unpaired) electrons. The maximum Gasteiger partial charge on any atom is 0.238 e. The third kappa shape index (κ3) is 3.36. The molecule has 1 aromatic heterocycles. The van der Waals surface area contributed by atoms with Gasteiger partial charge in [-0.15, -0.1) is 0 Å². The van der Waals surface area contributed by atoms with Crippen molar-refractivity contribution in [1.82, 2.24) is 25.1 Å². The molecule has 0 bridgehead atoms. The molecule has 2 N–H and O–H groups in total. The highest BCUT2D eigenvalue weighted by atomic mass is 16.2. The van der Waals surface area contributed by atoms with Crippen molar-refractivity contribution in [2.24, 2.45) is 0 Å². The van der Waals surface area contributed by atoms with E-state index < -0.39 is 0 Å². The first-order valence-electron chi connectivity index (χ1n) is 6.82. The molecular weight excluding hydrogens is 258 g/mol. The minimum Gasteiger partial charge on any atom is -0.358 e. The molecule has 0 saturated carbocycles. The zero-order valence-corrected chi connectivity index (χ0v) is 11.9. The summed E-state index contributed by atoms with van der Waals surface area (Å²) in [7, 11) is 1.60. The van der Waals surface area contributed by atoms with Gasteiger partial charge < -0.3 is 20.1 Å². The van der Waals surface area contributed by atoms with Gasteiger partial charge in [-0.25, -0.2) is 4.98 Å². The molecular formula is C13H21N5O2. The van der Waals surface area contributed by atoms with Crippen molar-refractivity contribution in [2.45, 2.75) is 25.9 Å². The molecule has 0 aliphatic carbocycles. The molecule has 0 spiro atoms. The summed E-state index contributed by atoms with van der Waals surface area (Å²) in [5.41, 5.74) is 0. The van der Waals surface area contributed by atoms with Crippen LogP contribution < -0.4 is 10.6 Å². The average molecular weight is 279 g/mol. The van der Waals surface area contributed by atoms with Crippen LogP contribution in [0.4, 0.5) is 0 Å². The molecule has 1 aliphatic rings. The fourth-order valence-electron chi connectivity index (χ4n) is 2.34. The lowest BCUT2D eigenvalue weighted by molar-refractivity contribution is -0.134. The predicted octanol–water partition coefficient (Wildman–Crippen LogP) is -0.872. The van der Waals surface area contributed by atoms with Crippen molar-refractivity contribution < 1.29 is 9.59 Å². The highest BCUT2D eigenvalue weighted by Gasteiger charge is 2.27. The smallest absolute Gasteiger partial charge is 0.238 e. The zero-order chi connectivity index (χ0) is 14.5. The van der Waals surface area contributed by atoms with Gasteiger partial charge in [0.2, 0.25) is 11.8 Å². The first-order valence-corrected chi connectivity index (χ1v) is 6.82. The second-order valence-corrected chi connectivity index (χ2v) is 4.88. The van der Waals surface area contributed by atoms with Gasteiger partial charge in [-0.05, 0) is 6.92 Å². The number of amides is 2. The van der Waals surface area contributed by atoms with Crippen molar-refractivity contribution in [3.8, 4) is 0 Å². The number of piperazine rings is 1. The molecule has 110 valence electrons. The van der Waals surface area contributed by atoms with Crippen LogP contribution in [0, 0.1) is 6.92 Å². The van der Waals surface area contributed by atoms with Gasteiger partial charge in [0.25, 0.3) is 0 Å². The van der Waals surface area contributed by atoms with Crippen LogP contribution in [0.2, 0.25) is 0 Å². The summed E-state index contributed by atoms with van der Waals surface area (Å²) in [5.74, 6) is 0.905. The Morgan fingerprint density at radius 3 is 3.00 bits per heavy atom. The number of hydrogen-bond donors (Lipinski definition) is 2. The van der Waals surface area contributed by atoms with Crippen molar-refractivity contribution in [1.29, 1.82) is 0 Å². The van der Waals surface area contributed by atoms with Crippen LogP contribution in [0.1, 0.15) is 12.2 Å². The van der Waals surface area contributed by atoms with E-state index in [0.717, 1.165) is 5.82 Å². The number of nitrogens with zero attached hydrogens (tertiary/aromatic N) is 3. The Balaban J connectivity index is 1.86. The van der Waals surface area contributed by atoms with Gasteiger partial charge >= 0.3 is 0 Å². The molecule has 1 saturated heterocycles. The maximum atomic E-state index is 12.2. The van der Waals surface area contributed by atoms with E-state index in [1.165, 1.54) is 0 Å². The van der Waals surface area contributed by atoms with Gasteiger partial charge in [-0.3, -0.25) is 9.59 Å². The SMILES string of the molecule is CNC(=O)C1CN(C(=O)CCn2ccnc2C)CCN1. The summed E-state index contributed by atoms with van der Waals surface area (Å²) >= 11 is 0. The third-order valence-corrected chi connectivity index (χ3v) is 3.58. The van der Waals surface area contributed by atoms with Gasteiger partial charge in [0, 0.05) is 52.0 Å². The van der Waals surface area contributed by atoms with Crippen LogP contribution in [0.5, 0.6) is 0 Å². The van der Waals surface area contributed by atoms with Crippen molar-refractivity contribution in [2.75, 3.05) is 26.7 Å². The van der Waals surface area contributed by atoms with Gasteiger partial charge in [-0.2, -0.15) is 0 Å². The summed E-state index contributed by atoms with van der Waals surface area (Å²) in [6, 6.07) is -0.312. The number of hydrogen-bond acceptors (Lipinski definition) is 4. The van der Waals surface area contributed by atoms with Crippen molar-refractivity contribution in [3.05, 3.63) is 18.2 Å². The number of nitrogens with one attached hydrogen (secondary N) is 2. The number of carbonyl (C=O) groups is 2. The van der Waals surface area contributed by atoms with E-state index in [1.54, 1.807) is 18.1 Å². The van der Waals surface area contributed by atoms with Gasteiger partial charge in [0.05, 0.1) is 0 Å². The normalized spacial score (nSPS) is 18.9. The first-order chi connectivity index (χ1) is 9.61. The highest BCUT2D eigenvalue weighted by Crippen LogP contribution is 2.05. The van der Waals surface area contributed by atoms with Crippen LogP contribution in [0.3, 0.4) is 0 Å². The van der Waals surface area contributed by atoms with E-state index in [4.69, 9.17) is 0 Å². The molecule has 7 heteroatoms. The van der Waals surface area contributed by atoms with E-state index in [-0.39, 0.29) is 17.9 Å². The second-order valence-electron chi connectivity index (χ2n) is 4.88. The Labute approximate surface area is 118 Å². The minimum atomic E-state index is -0.312. The molecule has 1 unspecified atom stereocenters. The third-order valence-electron chi connectivity index (χ3n) is 3.58. The summed E-state index contributed by atoms with van der Waals surface area (Å²) in [4.78, 5) is 29.7. The number of likely N-dealkylation sites (N-methyl/N-ethyl adjacent to an activating group) is 1. The number of aryl methyl sites for hydroxylation is 2. The van der Waals surface area contributed by atoms with Crippen LogP contribution >= 0.6 is 0 Å². The molecule has 7 nitrogen and oxygen atoms in total. The van der Waals surface area contributed by atoms with E-state index in [2.05, 4.69) is 15.6 Å². The van der Waals surface area contributed by atoms with E-state index >= 15 is 0 Å². The van der Waals surface area contributed by atoms with Crippen LogP contribution in [-0.2, 0) is 16.1 Å². The Morgan fingerprint density at radius 1 is 1.55 bits per heavy atom. The van der Waals surface area contributed by atoms with E-state index in [9.17, 15) is 9.59 Å². The summed E-state index contributed by atoms with van der Waals surface area (Å²) in [6.45, 7) is 4.26. The predicted molar refractivity (Wildman–Crippen MR) is 74.0 cm³/mol. The molecule has 1 aliphatic heterocycles. The second kappa shape index (κ2) is 6.51. The van der Waals surface area contributed by atoms with E-state index in [1.807, 2.05) is 17.7 Å². The Bertz CT molecular complexity index is 485. The molecule has 2 heterocycles. The quantitative estimate of drug-likeness (QED) is 0.751. The lowest BCUT2D eigenvalue weighted by Gasteiger charge is -2.32. The molecule has 20 heavy (non-hydrogen) atoms. The zero-order valence-electron chi connectivity index (χ0n) is 11.9. The largest absolute Gasteiger partial charge is 0.358 e. The first kappa shape index (κ1) is 14.5. The summed E-state index contributed by atoms with van der Waals surface area (Å²) in [6.07, 6.45) is 4.03. The summed E-state index contributed by atoms with van der Waals surface area (Å²) in [5, 5.41) is 5.72. The lowest BCUT2D eigenvalue weighted by Crippen LogP contribution is -2.58. The maximum absolute atomic E-state index is 12.2. The number of aromatic nitrogens is 2.